The van der Waals surface area contributed by atoms with Crippen LogP contribution in [0.15, 0.2) is 23.8 Å². The summed E-state index contributed by atoms with van der Waals surface area (Å²) in [5.41, 5.74) is -0.407. The summed E-state index contributed by atoms with van der Waals surface area (Å²) in [5.74, 6) is -0.520. The zero-order valence-corrected chi connectivity index (χ0v) is 17.3. The largest absolute Gasteiger partial charge is 0.461 e. The maximum atomic E-state index is 12.9. The number of esters is 1. The first kappa shape index (κ1) is 23.4. The van der Waals surface area contributed by atoms with Gasteiger partial charge in [0.15, 0.2) is 5.69 Å². The highest BCUT2D eigenvalue weighted by atomic mass is 35.5. The Bertz CT molecular complexity index is 732. The van der Waals surface area contributed by atoms with Crippen LogP contribution in [0.2, 0.25) is 0 Å². The van der Waals surface area contributed by atoms with E-state index in [0.717, 1.165) is 13.1 Å². The number of nitrogens with one attached hydrogen (secondary N) is 2. The molecule has 0 spiro atoms. The van der Waals surface area contributed by atoms with Gasteiger partial charge < -0.3 is 15.4 Å². The van der Waals surface area contributed by atoms with Gasteiger partial charge in [0.2, 0.25) is 5.91 Å². The SMILES string of the molecule is CCOC(=O)c1csc(CNC(=O)C2(n3cccn3)CCNCC2)n1.Cl.Cl. The molecule has 1 saturated heterocycles. The third-order valence-electron chi connectivity index (χ3n) is 4.23. The first-order valence-corrected chi connectivity index (χ1v) is 9.14. The zero-order valence-electron chi connectivity index (χ0n) is 14.8. The summed E-state index contributed by atoms with van der Waals surface area (Å²) in [7, 11) is 0. The highest BCUT2D eigenvalue weighted by Crippen LogP contribution is 2.27. The lowest BCUT2D eigenvalue weighted by Gasteiger charge is -2.36. The van der Waals surface area contributed by atoms with Gasteiger partial charge in [-0.1, -0.05) is 0 Å². The number of amides is 1. The van der Waals surface area contributed by atoms with Gasteiger partial charge in [-0.25, -0.2) is 9.78 Å². The van der Waals surface area contributed by atoms with Crippen molar-refractivity contribution < 1.29 is 14.3 Å². The van der Waals surface area contributed by atoms with Crippen LogP contribution in [0.1, 0.15) is 35.3 Å². The zero-order chi connectivity index (χ0) is 17.7. The smallest absolute Gasteiger partial charge is 0.357 e. The number of carbonyl (C=O) groups excluding carboxylic acids is 2. The molecular formula is C16H23Cl2N5O3S. The van der Waals surface area contributed by atoms with Gasteiger partial charge in [-0.05, 0) is 38.9 Å². The number of hydrogen-bond acceptors (Lipinski definition) is 7. The average molecular weight is 436 g/mol. The van der Waals surface area contributed by atoms with Gasteiger partial charge in [-0.3, -0.25) is 9.48 Å². The first-order valence-electron chi connectivity index (χ1n) is 8.26. The molecule has 8 nitrogen and oxygen atoms in total. The third kappa shape index (κ3) is 5.19. The van der Waals surface area contributed by atoms with Gasteiger partial charge >= 0.3 is 5.97 Å². The summed E-state index contributed by atoms with van der Waals surface area (Å²) >= 11 is 1.33. The van der Waals surface area contributed by atoms with Crippen LogP contribution in [0.5, 0.6) is 0 Å². The fourth-order valence-electron chi connectivity index (χ4n) is 2.93. The molecule has 1 amide bonds. The minimum absolute atomic E-state index is 0. The molecule has 0 saturated carbocycles. The Labute approximate surface area is 173 Å². The Morgan fingerprint density at radius 3 is 2.74 bits per heavy atom. The van der Waals surface area contributed by atoms with E-state index in [1.165, 1.54) is 11.3 Å². The number of carbonyl (C=O) groups is 2. The van der Waals surface area contributed by atoms with Gasteiger partial charge in [0, 0.05) is 17.8 Å². The lowest BCUT2D eigenvalue weighted by Crippen LogP contribution is -2.54. The van der Waals surface area contributed by atoms with E-state index in [1.54, 1.807) is 23.2 Å². The Hall–Kier alpha value is -1.68. The maximum Gasteiger partial charge on any atom is 0.357 e. The number of ether oxygens (including phenoxy) is 1. The number of aromatic nitrogens is 3. The number of nitrogens with zero attached hydrogens (tertiary/aromatic N) is 3. The molecule has 2 aromatic rings. The van der Waals surface area contributed by atoms with Crippen LogP contribution >= 0.6 is 36.2 Å². The predicted molar refractivity (Wildman–Crippen MR) is 107 cm³/mol. The lowest BCUT2D eigenvalue weighted by molar-refractivity contribution is -0.132. The minimum atomic E-state index is -0.685. The third-order valence-corrected chi connectivity index (χ3v) is 5.08. The van der Waals surface area contributed by atoms with Crippen molar-refractivity contribution in [3.63, 3.8) is 0 Å². The molecule has 0 aromatic carbocycles. The highest BCUT2D eigenvalue weighted by molar-refractivity contribution is 7.09. The molecule has 1 aliphatic heterocycles. The Balaban J connectivity index is 0.00000182. The average Bonchev–Trinajstić information content (AvgIpc) is 3.32. The van der Waals surface area contributed by atoms with Crippen LogP contribution in [0.3, 0.4) is 0 Å². The lowest BCUT2D eigenvalue weighted by atomic mass is 9.87. The van der Waals surface area contributed by atoms with E-state index in [-0.39, 0.29) is 43.0 Å². The molecule has 0 bridgehead atoms. The maximum absolute atomic E-state index is 12.9. The Morgan fingerprint density at radius 1 is 1.37 bits per heavy atom. The summed E-state index contributed by atoms with van der Waals surface area (Å²) < 4.78 is 6.67. The molecule has 0 aliphatic carbocycles. The number of piperidine rings is 1. The molecule has 1 aliphatic rings. The van der Waals surface area contributed by atoms with Crippen molar-refractivity contribution >= 4 is 48.0 Å². The summed E-state index contributed by atoms with van der Waals surface area (Å²) in [6, 6.07) is 1.82. The second-order valence-corrected chi connectivity index (χ2v) is 6.70. The van der Waals surface area contributed by atoms with Crippen molar-refractivity contribution in [1.82, 2.24) is 25.4 Å². The fourth-order valence-corrected chi connectivity index (χ4v) is 3.64. The van der Waals surface area contributed by atoms with Crippen molar-refractivity contribution in [2.75, 3.05) is 19.7 Å². The quantitative estimate of drug-likeness (QED) is 0.670. The molecule has 0 atom stereocenters. The van der Waals surface area contributed by atoms with Gasteiger partial charge in [0.1, 0.15) is 10.5 Å². The topological polar surface area (TPSA) is 98.1 Å². The summed E-state index contributed by atoms with van der Waals surface area (Å²) in [5, 5.41) is 12.8. The molecule has 1 fully saturated rings. The van der Waals surface area contributed by atoms with Gasteiger partial charge in [-0.15, -0.1) is 36.2 Å². The molecule has 27 heavy (non-hydrogen) atoms. The van der Waals surface area contributed by atoms with Gasteiger partial charge in [-0.2, -0.15) is 5.10 Å². The van der Waals surface area contributed by atoms with Crippen LogP contribution in [-0.4, -0.2) is 46.3 Å². The summed E-state index contributed by atoms with van der Waals surface area (Å²) in [4.78, 5) is 28.8. The van der Waals surface area contributed by atoms with E-state index in [4.69, 9.17) is 4.74 Å². The van der Waals surface area contributed by atoms with Crippen molar-refractivity contribution in [2.24, 2.45) is 0 Å². The first-order chi connectivity index (χ1) is 12.2. The molecule has 3 rings (SSSR count). The molecule has 0 unspecified atom stereocenters. The minimum Gasteiger partial charge on any atom is -0.461 e. The number of thiazole rings is 1. The van der Waals surface area contributed by atoms with Crippen molar-refractivity contribution in [3.8, 4) is 0 Å². The molecular weight excluding hydrogens is 413 g/mol. The van der Waals surface area contributed by atoms with Gasteiger partial charge in [0.25, 0.3) is 0 Å². The molecule has 2 aromatic heterocycles. The number of hydrogen-bond donors (Lipinski definition) is 2. The van der Waals surface area contributed by atoms with E-state index < -0.39 is 11.5 Å². The van der Waals surface area contributed by atoms with E-state index >= 15 is 0 Å². The van der Waals surface area contributed by atoms with Crippen LogP contribution in [0.25, 0.3) is 0 Å². The van der Waals surface area contributed by atoms with E-state index in [1.807, 2.05) is 12.3 Å². The summed E-state index contributed by atoms with van der Waals surface area (Å²) in [6.07, 6.45) is 4.86. The molecule has 11 heteroatoms. The molecule has 2 N–H and O–H groups in total. The Morgan fingerprint density at radius 2 is 2.11 bits per heavy atom. The normalized spacial score (nSPS) is 15.1. The van der Waals surface area contributed by atoms with Crippen molar-refractivity contribution in [2.45, 2.75) is 31.8 Å². The van der Waals surface area contributed by atoms with Crippen LogP contribution in [0, 0.1) is 0 Å². The van der Waals surface area contributed by atoms with Crippen LogP contribution in [0.4, 0.5) is 0 Å². The predicted octanol–water partition coefficient (Wildman–Crippen LogP) is 1.75. The fraction of sp³-hybridized carbons (Fsp3) is 0.500. The van der Waals surface area contributed by atoms with Crippen molar-refractivity contribution in [3.05, 3.63) is 34.5 Å². The highest BCUT2D eigenvalue weighted by Gasteiger charge is 2.41. The number of halogens is 2. The van der Waals surface area contributed by atoms with Gasteiger partial charge in [0.05, 0.1) is 13.2 Å². The second kappa shape index (κ2) is 10.6. The molecule has 0 radical (unpaired) electrons. The molecule has 3 heterocycles. The van der Waals surface area contributed by atoms with E-state index in [0.29, 0.717) is 24.5 Å². The van der Waals surface area contributed by atoms with E-state index in [2.05, 4.69) is 20.7 Å². The van der Waals surface area contributed by atoms with Crippen LogP contribution < -0.4 is 10.6 Å². The summed E-state index contributed by atoms with van der Waals surface area (Å²) in [6.45, 7) is 3.86. The van der Waals surface area contributed by atoms with Crippen LogP contribution in [-0.2, 0) is 21.6 Å². The Kier molecular flexibility index (Phi) is 9.17. The number of rotatable bonds is 6. The second-order valence-electron chi connectivity index (χ2n) is 5.76. The van der Waals surface area contributed by atoms with Crippen molar-refractivity contribution in [1.29, 1.82) is 0 Å². The standard InChI is InChI=1S/C16H21N5O3S.2ClH/c1-2-24-14(22)12-11-25-13(20-12)10-18-15(23)16(4-7-17-8-5-16)21-9-3-6-19-21;;/h3,6,9,11,17H,2,4-5,7-8,10H2,1H3,(H,18,23);2*1H. The van der Waals surface area contributed by atoms with E-state index in [9.17, 15) is 9.59 Å². The molecule has 150 valence electrons. The monoisotopic (exact) mass is 435 g/mol.